The van der Waals surface area contributed by atoms with Crippen molar-refractivity contribution in [3.8, 4) is 5.82 Å². The summed E-state index contributed by atoms with van der Waals surface area (Å²) >= 11 is 0. The van der Waals surface area contributed by atoms with E-state index in [4.69, 9.17) is 0 Å². The Bertz CT molecular complexity index is 745. The summed E-state index contributed by atoms with van der Waals surface area (Å²) in [6, 6.07) is 9.98. The van der Waals surface area contributed by atoms with Gasteiger partial charge in [0.05, 0.1) is 11.2 Å². The molecule has 20 heavy (non-hydrogen) atoms. The average Bonchev–Trinajstić information content (AvgIpc) is 2.96. The first-order chi connectivity index (χ1) is 9.69. The molecule has 1 aromatic carbocycles. The number of nitrogens with zero attached hydrogens (tertiary/aromatic N) is 4. The van der Waals surface area contributed by atoms with Gasteiger partial charge >= 0.3 is 0 Å². The van der Waals surface area contributed by atoms with Gasteiger partial charge in [-0.2, -0.15) is 10.1 Å². The Hall–Kier alpha value is -2.43. The van der Waals surface area contributed by atoms with Gasteiger partial charge in [0.15, 0.2) is 5.82 Å². The Morgan fingerprint density at radius 1 is 1.10 bits per heavy atom. The normalized spacial score (nSPS) is 11.2. The van der Waals surface area contributed by atoms with Crippen LogP contribution in [0.5, 0.6) is 0 Å². The van der Waals surface area contributed by atoms with Gasteiger partial charge in [0, 0.05) is 18.6 Å². The van der Waals surface area contributed by atoms with Crippen molar-refractivity contribution in [3.63, 3.8) is 0 Å². The van der Waals surface area contributed by atoms with Crippen LogP contribution >= 0.6 is 0 Å². The molecule has 0 aliphatic heterocycles. The summed E-state index contributed by atoms with van der Waals surface area (Å²) in [5, 5.41) is 8.59. The van der Waals surface area contributed by atoms with Gasteiger partial charge < -0.3 is 5.32 Å². The Morgan fingerprint density at radius 2 is 1.90 bits per heavy atom. The highest BCUT2D eigenvalue weighted by molar-refractivity contribution is 5.86. The minimum absolute atomic E-state index is 0.396. The van der Waals surface area contributed by atoms with Crippen LogP contribution in [0.4, 0.5) is 5.95 Å². The molecule has 5 heteroatoms. The van der Waals surface area contributed by atoms with Crippen LogP contribution in [0.15, 0.2) is 36.5 Å². The van der Waals surface area contributed by atoms with Crippen LogP contribution in [0.1, 0.15) is 25.5 Å². The highest BCUT2D eigenvalue weighted by Crippen LogP contribution is 2.21. The van der Waals surface area contributed by atoms with Crippen LogP contribution < -0.4 is 5.32 Å². The monoisotopic (exact) mass is 267 g/mol. The molecule has 0 aliphatic carbocycles. The summed E-state index contributed by atoms with van der Waals surface area (Å²) < 4.78 is 1.82. The predicted octanol–water partition coefficient (Wildman–Crippen LogP) is 2.98. The summed E-state index contributed by atoms with van der Waals surface area (Å²) in [6.07, 6.45) is 1.95. The molecule has 2 heterocycles. The number of anilines is 1. The molecule has 0 atom stereocenters. The Labute approximate surface area is 117 Å². The second kappa shape index (κ2) is 4.92. The third kappa shape index (κ3) is 2.11. The van der Waals surface area contributed by atoms with Crippen molar-refractivity contribution >= 4 is 16.9 Å². The maximum Gasteiger partial charge on any atom is 0.225 e. The van der Waals surface area contributed by atoms with E-state index in [1.165, 1.54) is 0 Å². The predicted molar refractivity (Wildman–Crippen MR) is 80.3 cm³/mol. The number of rotatable bonds is 3. The van der Waals surface area contributed by atoms with Crippen molar-refractivity contribution in [2.75, 3.05) is 12.4 Å². The van der Waals surface area contributed by atoms with Gasteiger partial charge in [-0.05, 0) is 24.1 Å². The van der Waals surface area contributed by atoms with Crippen molar-refractivity contribution in [1.82, 2.24) is 19.7 Å². The molecule has 3 aromatic rings. The van der Waals surface area contributed by atoms with Crippen molar-refractivity contribution in [2.24, 2.45) is 0 Å². The minimum atomic E-state index is 0.396. The summed E-state index contributed by atoms with van der Waals surface area (Å²) in [7, 11) is 1.82. The van der Waals surface area contributed by atoms with E-state index >= 15 is 0 Å². The number of benzene rings is 1. The first-order valence-corrected chi connectivity index (χ1v) is 6.69. The van der Waals surface area contributed by atoms with E-state index < -0.39 is 0 Å². The summed E-state index contributed by atoms with van der Waals surface area (Å²) in [5.74, 6) is 1.79. The van der Waals surface area contributed by atoms with E-state index in [2.05, 4.69) is 34.2 Å². The lowest BCUT2D eigenvalue weighted by Gasteiger charge is -2.08. The van der Waals surface area contributed by atoms with Crippen LogP contribution in [-0.4, -0.2) is 26.8 Å². The lowest BCUT2D eigenvalue weighted by Crippen LogP contribution is -2.05. The van der Waals surface area contributed by atoms with Gasteiger partial charge in [0.2, 0.25) is 5.95 Å². The van der Waals surface area contributed by atoms with Gasteiger partial charge in [-0.15, -0.1) is 0 Å². The number of para-hydroxylation sites is 1. The van der Waals surface area contributed by atoms with Gasteiger partial charge in [-0.1, -0.05) is 26.0 Å². The fourth-order valence-corrected chi connectivity index (χ4v) is 2.11. The largest absolute Gasteiger partial charge is 0.357 e. The maximum absolute atomic E-state index is 4.60. The highest BCUT2D eigenvalue weighted by atomic mass is 15.3. The lowest BCUT2D eigenvalue weighted by molar-refractivity contribution is 0.760. The molecule has 0 saturated carbocycles. The topological polar surface area (TPSA) is 55.6 Å². The molecule has 0 spiro atoms. The van der Waals surface area contributed by atoms with E-state index in [1.807, 2.05) is 48.3 Å². The quantitative estimate of drug-likeness (QED) is 0.792. The summed E-state index contributed by atoms with van der Waals surface area (Å²) in [5.41, 5.74) is 1.96. The van der Waals surface area contributed by atoms with Crippen molar-refractivity contribution in [3.05, 3.63) is 42.2 Å². The zero-order chi connectivity index (χ0) is 14.1. The molecule has 0 saturated heterocycles. The highest BCUT2D eigenvalue weighted by Gasteiger charge is 2.11. The van der Waals surface area contributed by atoms with E-state index in [9.17, 15) is 0 Å². The van der Waals surface area contributed by atoms with Crippen molar-refractivity contribution in [2.45, 2.75) is 19.8 Å². The molecule has 0 amide bonds. The van der Waals surface area contributed by atoms with E-state index in [0.717, 1.165) is 22.4 Å². The molecule has 2 aromatic heterocycles. The van der Waals surface area contributed by atoms with E-state index in [-0.39, 0.29) is 0 Å². The molecule has 5 nitrogen and oxygen atoms in total. The zero-order valence-electron chi connectivity index (χ0n) is 11.8. The Morgan fingerprint density at radius 3 is 2.60 bits per heavy atom. The van der Waals surface area contributed by atoms with Crippen LogP contribution in [0.2, 0.25) is 0 Å². The molecule has 3 rings (SSSR count). The first kappa shape index (κ1) is 12.6. The summed E-state index contributed by atoms with van der Waals surface area (Å²) in [6.45, 7) is 4.26. The molecular weight excluding hydrogens is 250 g/mol. The number of aromatic nitrogens is 4. The molecule has 0 fully saturated rings. The fourth-order valence-electron chi connectivity index (χ4n) is 2.11. The van der Waals surface area contributed by atoms with Gasteiger partial charge in [-0.3, -0.25) is 0 Å². The number of fused-ring (bicyclic) bond motifs is 1. The second-order valence-corrected chi connectivity index (χ2v) is 4.98. The third-order valence-electron chi connectivity index (χ3n) is 3.22. The lowest BCUT2D eigenvalue weighted by atomic mass is 10.1. The van der Waals surface area contributed by atoms with Gasteiger partial charge in [0.1, 0.15) is 0 Å². The Kier molecular flexibility index (Phi) is 3.10. The Balaban J connectivity index is 2.22. The standard InChI is InChI=1S/C15H17N5/c1-10(2)12-8-9-20(19-12)14-11-6-4-5-7-13(11)17-15(16-3)18-14/h4-10H,1-3H3,(H,16,17,18). The van der Waals surface area contributed by atoms with E-state index in [0.29, 0.717) is 11.9 Å². The minimum Gasteiger partial charge on any atom is -0.357 e. The SMILES string of the molecule is CNc1nc(-n2ccc(C(C)C)n2)c2ccccc2n1. The van der Waals surface area contributed by atoms with Gasteiger partial charge in [-0.25, -0.2) is 9.67 Å². The fraction of sp³-hybridized carbons (Fsp3) is 0.267. The van der Waals surface area contributed by atoms with Crippen molar-refractivity contribution < 1.29 is 0 Å². The number of nitrogens with one attached hydrogen (secondary N) is 1. The maximum atomic E-state index is 4.60. The second-order valence-electron chi connectivity index (χ2n) is 4.98. The molecule has 0 aliphatic rings. The number of hydrogen-bond donors (Lipinski definition) is 1. The van der Waals surface area contributed by atoms with Crippen molar-refractivity contribution in [1.29, 1.82) is 0 Å². The molecule has 0 unspecified atom stereocenters. The number of hydrogen-bond acceptors (Lipinski definition) is 4. The van der Waals surface area contributed by atoms with Gasteiger partial charge in [0.25, 0.3) is 0 Å². The average molecular weight is 267 g/mol. The van der Waals surface area contributed by atoms with Crippen LogP contribution in [0.3, 0.4) is 0 Å². The first-order valence-electron chi connectivity index (χ1n) is 6.69. The molecular formula is C15H17N5. The smallest absolute Gasteiger partial charge is 0.225 e. The zero-order valence-corrected chi connectivity index (χ0v) is 11.8. The van der Waals surface area contributed by atoms with Crippen LogP contribution in [-0.2, 0) is 0 Å². The van der Waals surface area contributed by atoms with Crippen LogP contribution in [0, 0.1) is 0 Å². The third-order valence-corrected chi connectivity index (χ3v) is 3.22. The molecule has 0 bridgehead atoms. The van der Waals surface area contributed by atoms with Crippen LogP contribution in [0.25, 0.3) is 16.7 Å². The molecule has 1 N–H and O–H groups in total. The molecule has 102 valence electrons. The van der Waals surface area contributed by atoms with E-state index in [1.54, 1.807) is 0 Å². The summed E-state index contributed by atoms with van der Waals surface area (Å²) in [4.78, 5) is 9.00. The molecule has 0 radical (unpaired) electrons.